The molecule has 0 N–H and O–H groups in total. The molecule has 0 amide bonds. The van der Waals surface area contributed by atoms with Crippen LogP contribution in [0.4, 0.5) is 0 Å². The summed E-state index contributed by atoms with van der Waals surface area (Å²) in [6.07, 6.45) is 15.5. The van der Waals surface area contributed by atoms with Crippen molar-refractivity contribution < 1.29 is 0 Å². The quantitative estimate of drug-likeness (QED) is 0.422. The predicted molar refractivity (Wildman–Crippen MR) is 79.6 cm³/mol. The van der Waals surface area contributed by atoms with E-state index in [0.29, 0.717) is 0 Å². The molecule has 0 saturated heterocycles. The topological polar surface area (TPSA) is 3.24 Å². The molecule has 1 heteroatoms. The number of unbranched alkanes of at least 4 members (excludes halogenated alkanes) is 7. The average Bonchev–Trinajstić information content (AvgIpc) is 2.31. The second kappa shape index (κ2) is 12.4. The zero-order valence-electron chi connectivity index (χ0n) is 12.8. The van der Waals surface area contributed by atoms with Gasteiger partial charge in [0.25, 0.3) is 0 Å². The Morgan fingerprint density at radius 1 is 0.647 bits per heavy atom. The Hall–Kier alpha value is -0.0400. The Balaban J connectivity index is 3.41. The summed E-state index contributed by atoms with van der Waals surface area (Å²) in [7, 11) is 4.48. The summed E-state index contributed by atoms with van der Waals surface area (Å²) in [5.74, 6) is 0. The van der Waals surface area contributed by atoms with Crippen molar-refractivity contribution in [1.29, 1.82) is 0 Å². The van der Waals surface area contributed by atoms with Gasteiger partial charge in [0.2, 0.25) is 0 Å². The van der Waals surface area contributed by atoms with Crippen molar-refractivity contribution in [3.05, 3.63) is 0 Å². The fourth-order valence-corrected chi connectivity index (χ4v) is 2.44. The number of nitrogens with zero attached hydrogens (tertiary/aromatic N) is 1. The maximum Gasteiger partial charge on any atom is 0.00891 e. The Kier molecular flexibility index (Phi) is 12.4. The molecule has 0 aliphatic heterocycles. The van der Waals surface area contributed by atoms with Gasteiger partial charge < -0.3 is 4.90 Å². The molecule has 1 unspecified atom stereocenters. The molecule has 0 aliphatic rings. The lowest BCUT2D eigenvalue weighted by molar-refractivity contribution is 0.253. The van der Waals surface area contributed by atoms with Crippen molar-refractivity contribution in [2.75, 3.05) is 14.1 Å². The third-order valence-electron chi connectivity index (χ3n) is 3.76. The third-order valence-corrected chi connectivity index (χ3v) is 3.76. The first-order valence-electron chi connectivity index (χ1n) is 7.88. The van der Waals surface area contributed by atoms with Crippen LogP contribution in [0, 0.1) is 0 Å². The minimum Gasteiger partial charge on any atom is -0.306 e. The van der Waals surface area contributed by atoms with Crippen LogP contribution in [0.2, 0.25) is 0 Å². The zero-order valence-corrected chi connectivity index (χ0v) is 12.8. The molecule has 0 aromatic rings. The second-order valence-corrected chi connectivity index (χ2v) is 5.67. The molecule has 0 aromatic carbocycles. The molecule has 0 radical (unpaired) electrons. The SMILES string of the molecule is CCCCCCCCCC(CCCC)N(C)C. The van der Waals surface area contributed by atoms with E-state index in [0.717, 1.165) is 6.04 Å². The summed E-state index contributed by atoms with van der Waals surface area (Å²) >= 11 is 0. The molecular weight excluding hydrogens is 206 g/mol. The lowest BCUT2D eigenvalue weighted by atomic mass is 10.0. The first-order chi connectivity index (χ1) is 8.22. The van der Waals surface area contributed by atoms with Crippen LogP contribution in [0.15, 0.2) is 0 Å². The standard InChI is InChI=1S/C16H35N/c1-5-7-9-10-11-12-13-15-16(17(3)4)14-8-6-2/h16H,5-15H2,1-4H3. The molecule has 1 nitrogen and oxygen atoms in total. The summed E-state index contributed by atoms with van der Waals surface area (Å²) in [5.41, 5.74) is 0. The van der Waals surface area contributed by atoms with Gasteiger partial charge in [0.05, 0.1) is 0 Å². The minimum atomic E-state index is 0.825. The fourth-order valence-electron chi connectivity index (χ4n) is 2.44. The summed E-state index contributed by atoms with van der Waals surface area (Å²) in [6.45, 7) is 4.58. The normalized spacial score (nSPS) is 13.2. The minimum absolute atomic E-state index is 0.825. The van der Waals surface area contributed by atoms with Gasteiger partial charge in [-0.2, -0.15) is 0 Å². The van der Waals surface area contributed by atoms with E-state index in [1.165, 1.54) is 70.6 Å². The highest BCUT2D eigenvalue weighted by molar-refractivity contribution is 4.66. The first-order valence-corrected chi connectivity index (χ1v) is 7.88. The van der Waals surface area contributed by atoms with Crippen LogP contribution in [0.25, 0.3) is 0 Å². The van der Waals surface area contributed by atoms with E-state index in [4.69, 9.17) is 0 Å². The van der Waals surface area contributed by atoms with Gasteiger partial charge in [0, 0.05) is 6.04 Å². The van der Waals surface area contributed by atoms with Gasteiger partial charge in [-0.05, 0) is 26.9 Å². The van der Waals surface area contributed by atoms with Crippen LogP contribution in [0.1, 0.15) is 84.5 Å². The van der Waals surface area contributed by atoms with Gasteiger partial charge in [0.1, 0.15) is 0 Å². The smallest absolute Gasteiger partial charge is 0.00891 e. The molecule has 17 heavy (non-hydrogen) atoms. The monoisotopic (exact) mass is 241 g/mol. The van der Waals surface area contributed by atoms with Crippen molar-refractivity contribution in [1.82, 2.24) is 4.90 Å². The van der Waals surface area contributed by atoms with Crippen LogP contribution in [0.3, 0.4) is 0 Å². The molecule has 0 saturated carbocycles. The van der Waals surface area contributed by atoms with E-state index < -0.39 is 0 Å². The van der Waals surface area contributed by atoms with Crippen LogP contribution in [0.5, 0.6) is 0 Å². The Labute approximate surface area is 110 Å². The molecule has 0 heterocycles. The molecule has 104 valence electrons. The van der Waals surface area contributed by atoms with E-state index in [2.05, 4.69) is 32.8 Å². The van der Waals surface area contributed by atoms with E-state index >= 15 is 0 Å². The lowest BCUT2D eigenvalue weighted by Crippen LogP contribution is -2.27. The highest BCUT2D eigenvalue weighted by Crippen LogP contribution is 2.15. The Bertz CT molecular complexity index is 142. The maximum atomic E-state index is 2.42. The molecular formula is C16H35N. The number of hydrogen-bond acceptors (Lipinski definition) is 1. The summed E-state index contributed by atoms with van der Waals surface area (Å²) in [6, 6.07) is 0.825. The van der Waals surface area contributed by atoms with Crippen molar-refractivity contribution in [2.24, 2.45) is 0 Å². The van der Waals surface area contributed by atoms with Crippen LogP contribution in [-0.4, -0.2) is 25.0 Å². The maximum absolute atomic E-state index is 2.42. The van der Waals surface area contributed by atoms with Crippen molar-refractivity contribution in [3.63, 3.8) is 0 Å². The molecule has 0 aromatic heterocycles. The van der Waals surface area contributed by atoms with E-state index in [1.807, 2.05) is 0 Å². The summed E-state index contributed by atoms with van der Waals surface area (Å²) < 4.78 is 0. The average molecular weight is 241 g/mol. The third kappa shape index (κ3) is 10.8. The molecule has 0 spiro atoms. The largest absolute Gasteiger partial charge is 0.306 e. The van der Waals surface area contributed by atoms with Gasteiger partial charge in [-0.1, -0.05) is 71.6 Å². The molecule has 0 fully saturated rings. The van der Waals surface area contributed by atoms with Crippen molar-refractivity contribution in [2.45, 2.75) is 90.5 Å². The predicted octanol–water partition coefficient (Wildman–Crippen LogP) is 5.25. The van der Waals surface area contributed by atoms with E-state index in [1.54, 1.807) is 0 Å². The molecule has 0 bridgehead atoms. The van der Waals surface area contributed by atoms with Crippen molar-refractivity contribution >= 4 is 0 Å². The number of hydrogen-bond donors (Lipinski definition) is 0. The summed E-state index contributed by atoms with van der Waals surface area (Å²) in [5, 5.41) is 0. The second-order valence-electron chi connectivity index (χ2n) is 5.67. The zero-order chi connectivity index (χ0) is 12.9. The van der Waals surface area contributed by atoms with Crippen LogP contribution >= 0.6 is 0 Å². The fraction of sp³-hybridized carbons (Fsp3) is 1.00. The lowest BCUT2D eigenvalue weighted by Gasteiger charge is -2.24. The molecule has 0 aliphatic carbocycles. The highest BCUT2D eigenvalue weighted by Gasteiger charge is 2.09. The first kappa shape index (κ1) is 17.0. The van der Waals surface area contributed by atoms with Gasteiger partial charge in [-0.3, -0.25) is 0 Å². The Morgan fingerprint density at radius 3 is 1.65 bits per heavy atom. The molecule has 0 rings (SSSR count). The number of rotatable bonds is 12. The molecule has 1 atom stereocenters. The Morgan fingerprint density at radius 2 is 1.12 bits per heavy atom. The summed E-state index contributed by atoms with van der Waals surface area (Å²) in [4.78, 5) is 2.42. The van der Waals surface area contributed by atoms with Crippen LogP contribution in [-0.2, 0) is 0 Å². The van der Waals surface area contributed by atoms with Gasteiger partial charge in [0.15, 0.2) is 0 Å². The van der Waals surface area contributed by atoms with Crippen LogP contribution < -0.4 is 0 Å². The van der Waals surface area contributed by atoms with Gasteiger partial charge in [-0.25, -0.2) is 0 Å². The van der Waals surface area contributed by atoms with E-state index in [-0.39, 0.29) is 0 Å². The van der Waals surface area contributed by atoms with Gasteiger partial charge >= 0.3 is 0 Å². The van der Waals surface area contributed by atoms with E-state index in [9.17, 15) is 0 Å². The highest BCUT2D eigenvalue weighted by atomic mass is 15.1. The van der Waals surface area contributed by atoms with Gasteiger partial charge in [-0.15, -0.1) is 0 Å². The van der Waals surface area contributed by atoms with Crippen molar-refractivity contribution in [3.8, 4) is 0 Å².